The number of hydrogen-bond donors (Lipinski definition) is 3. The number of aromatic nitrogens is 1. The molecule has 3 N–H and O–H groups in total. The number of phenols is 1. The highest BCUT2D eigenvalue weighted by molar-refractivity contribution is 5.97. The molecule has 0 saturated heterocycles. The van der Waals surface area contributed by atoms with Gasteiger partial charge < -0.3 is 15.4 Å². The summed E-state index contributed by atoms with van der Waals surface area (Å²) in [5.41, 5.74) is 5.02. The van der Waals surface area contributed by atoms with E-state index in [-0.39, 0.29) is 5.56 Å². The van der Waals surface area contributed by atoms with Gasteiger partial charge in [0.1, 0.15) is 5.75 Å². The van der Waals surface area contributed by atoms with E-state index in [9.17, 15) is 9.90 Å². The first-order valence-corrected chi connectivity index (χ1v) is 7.55. The first-order valence-electron chi connectivity index (χ1n) is 7.55. The number of aromatic amines is 1. The van der Waals surface area contributed by atoms with Crippen LogP contribution in [-0.4, -0.2) is 23.2 Å². The third kappa shape index (κ3) is 1.90. The van der Waals surface area contributed by atoms with Crippen molar-refractivity contribution in [1.82, 2.24) is 10.3 Å². The van der Waals surface area contributed by atoms with Gasteiger partial charge in [-0.05, 0) is 55.5 Å². The molecule has 2 aliphatic rings. The van der Waals surface area contributed by atoms with Crippen LogP contribution in [0, 0.1) is 0 Å². The van der Waals surface area contributed by atoms with E-state index in [1.165, 1.54) is 5.57 Å². The fraction of sp³-hybridized carbons (Fsp3) is 0.353. The van der Waals surface area contributed by atoms with Crippen LogP contribution in [-0.2, 0) is 12.8 Å². The SMILES string of the molecule is O=c1[nH]c2ccc(O)c(C3=CCNCC3)c2c2c1CCC2. The van der Waals surface area contributed by atoms with E-state index >= 15 is 0 Å². The Morgan fingerprint density at radius 3 is 2.76 bits per heavy atom. The van der Waals surface area contributed by atoms with Gasteiger partial charge in [0.15, 0.2) is 0 Å². The van der Waals surface area contributed by atoms with Crippen molar-refractivity contribution >= 4 is 16.5 Å². The standard InChI is InChI=1S/C17H18N2O2/c20-14-5-4-13-16(15(14)10-6-8-18-9-7-10)11-2-1-3-12(11)17(21)19-13/h4-6,18,20H,1-3,7-9H2,(H,19,21). The lowest BCUT2D eigenvalue weighted by molar-refractivity contribution is 0.474. The number of phenolic OH excluding ortho intramolecular Hbond substituents is 1. The third-order valence-electron chi connectivity index (χ3n) is 4.61. The number of hydrogen-bond acceptors (Lipinski definition) is 3. The molecular formula is C17H18N2O2. The average molecular weight is 282 g/mol. The van der Waals surface area contributed by atoms with Crippen molar-refractivity contribution in [1.29, 1.82) is 0 Å². The summed E-state index contributed by atoms with van der Waals surface area (Å²) in [6.07, 6.45) is 5.84. The first kappa shape index (κ1) is 12.7. The van der Waals surface area contributed by atoms with Gasteiger partial charge in [-0.2, -0.15) is 0 Å². The Morgan fingerprint density at radius 2 is 1.95 bits per heavy atom. The van der Waals surface area contributed by atoms with E-state index < -0.39 is 0 Å². The lowest BCUT2D eigenvalue weighted by Gasteiger charge is -2.19. The van der Waals surface area contributed by atoms with Gasteiger partial charge in [-0.1, -0.05) is 6.08 Å². The van der Waals surface area contributed by atoms with Crippen LogP contribution in [0.5, 0.6) is 5.75 Å². The molecule has 1 aromatic carbocycles. The Labute approximate surface area is 122 Å². The number of benzene rings is 1. The van der Waals surface area contributed by atoms with Crippen molar-refractivity contribution in [3.63, 3.8) is 0 Å². The third-order valence-corrected chi connectivity index (χ3v) is 4.61. The molecule has 0 fully saturated rings. The molecule has 0 amide bonds. The number of fused-ring (bicyclic) bond motifs is 3. The fourth-order valence-corrected chi connectivity index (χ4v) is 3.65. The molecule has 1 aliphatic carbocycles. The van der Waals surface area contributed by atoms with Gasteiger partial charge in [0, 0.05) is 28.6 Å². The van der Waals surface area contributed by atoms with Gasteiger partial charge in [0.2, 0.25) is 0 Å². The van der Waals surface area contributed by atoms with E-state index in [2.05, 4.69) is 16.4 Å². The van der Waals surface area contributed by atoms with Crippen LogP contribution in [0.2, 0.25) is 0 Å². The van der Waals surface area contributed by atoms with Crippen molar-refractivity contribution in [2.45, 2.75) is 25.7 Å². The normalized spacial score (nSPS) is 17.8. The van der Waals surface area contributed by atoms with Gasteiger partial charge in [-0.3, -0.25) is 4.79 Å². The Bertz CT molecular complexity index is 818. The van der Waals surface area contributed by atoms with Gasteiger partial charge >= 0.3 is 0 Å². The first-order chi connectivity index (χ1) is 10.3. The van der Waals surface area contributed by atoms with E-state index in [1.807, 2.05) is 6.07 Å². The summed E-state index contributed by atoms with van der Waals surface area (Å²) >= 11 is 0. The summed E-state index contributed by atoms with van der Waals surface area (Å²) < 4.78 is 0. The van der Waals surface area contributed by atoms with Crippen molar-refractivity contribution in [2.24, 2.45) is 0 Å². The largest absolute Gasteiger partial charge is 0.507 e. The van der Waals surface area contributed by atoms with E-state index in [0.717, 1.165) is 66.4 Å². The summed E-state index contributed by atoms with van der Waals surface area (Å²) in [4.78, 5) is 15.1. The molecule has 21 heavy (non-hydrogen) atoms. The Kier molecular flexibility index (Phi) is 2.86. The highest BCUT2D eigenvalue weighted by Gasteiger charge is 2.23. The molecule has 1 aliphatic heterocycles. The van der Waals surface area contributed by atoms with Crippen LogP contribution in [0.4, 0.5) is 0 Å². The maximum Gasteiger partial charge on any atom is 0.251 e. The number of aromatic hydroxyl groups is 1. The summed E-state index contributed by atoms with van der Waals surface area (Å²) in [5, 5.41) is 14.8. The maximum absolute atomic E-state index is 12.2. The second kappa shape index (κ2) is 4.74. The Balaban J connectivity index is 2.10. The van der Waals surface area contributed by atoms with Crippen LogP contribution < -0.4 is 10.9 Å². The zero-order chi connectivity index (χ0) is 14.4. The molecule has 4 rings (SSSR count). The zero-order valence-corrected chi connectivity index (χ0v) is 11.8. The van der Waals surface area contributed by atoms with Crippen LogP contribution in [0.3, 0.4) is 0 Å². The number of rotatable bonds is 1. The highest BCUT2D eigenvalue weighted by atomic mass is 16.3. The summed E-state index contributed by atoms with van der Waals surface area (Å²) in [6, 6.07) is 3.51. The molecule has 0 radical (unpaired) electrons. The molecule has 0 bridgehead atoms. The van der Waals surface area contributed by atoms with Crippen molar-refractivity contribution in [3.05, 3.63) is 45.3 Å². The van der Waals surface area contributed by atoms with Crippen LogP contribution in [0.15, 0.2) is 23.0 Å². The summed E-state index contributed by atoms with van der Waals surface area (Å²) in [5.74, 6) is 0.316. The molecule has 0 spiro atoms. The van der Waals surface area contributed by atoms with E-state index in [0.29, 0.717) is 5.75 Å². The lowest BCUT2D eigenvalue weighted by atomic mass is 9.92. The van der Waals surface area contributed by atoms with Crippen LogP contribution in [0.1, 0.15) is 29.5 Å². The van der Waals surface area contributed by atoms with Gasteiger partial charge in [-0.15, -0.1) is 0 Å². The number of aryl methyl sites for hydroxylation is 1. The monoisotopic (exact) mass is 282 g/mol. The summed E-state index contributed by atoms with van der Waals surface area (Å²) in [7, 11) is 0. The van der Waals surface area contributed by atoms with Gasteiger partial charge in [0.25, 0.3) is 5.56 Å². The smallest absolute Gasteiger partial charge is 0.251 e. The molecule has 2 aromatic rings. The minimum Gasteiger partial charge on any atom is -0.507 e. The predicted octanol–water partition coefficient (Wildman–Crippen LogP) is 2.10. The quantitative estimate of drug-likeness (QED) is 0.750. The highest BCUT2D eigenvalue weighted by Crippen LogP contribution is 2.38. The number of nitrogens with one attached hydrogen (secondary N) is 2. The second-order valence-corrected chi connectivity index (χ2v) is 5.83. The average Bonchev–Trinajstić information content (AvgIpc) is 2.99. The van der Waals surface area contributed by atoms with Crippen LogP contribution >= 0.6 is 0 Å². The van der Waals surface area contributed by atoms with Gasteiger partial charge in [-0.25, -0.2) is 0 Å². The molecule has 2 heterocycles. The minimum absolute atomic E-state index is 0.0333. The van der Waals surface area contributed by atoms with Gasteiger partial charge in [0.05, 0.1) is 0 Å². The molecular weight excluding hydrogens is 264 g/mol. The summed E-state index contributed by atoms with van der Waals surface area (Å²) in [6.45, 7) is 1.75. The lowest BCUT2D eigenvalue weighted by Crippen LogP contribution is -2.20. The minimum atomic E-state index is 0.0333. The fourth-order valence-electron chi connectivity index (χ4n) is 3.65. The molecule has 0 unspecified atom stereocenters. The molecule has 4 nitrogen and oxygen atoms in total. The number of pyridine rings is 1. The molecule has 0 atom stereocenters. The predicted molar refractivity (Wildman–Crippen MR) is 83.7 cm³/mol. The van der Waals surface area contributed by atoms with E-state index in [1.54, 1.807) is 6.07 Å². The Hall–Kier alpha value is -2.07. The van der Waals surface area contributed by atoms with Crippen molar-refractivity contribution in [2.75, 3.05) is 13.1 Å². The van der Waals surface area contributed by atoms with Crippen molar-refractivity contribution in [3.8, 4) is 5.75 Å². The second-order valence-electron chi connectivity index (χ2n) is 5.83. The number of H-pyrrole nitrogens is 1. The molecule has 108 valence electrons. The van der Waals surface area contributed by atoms with Crippen molar-refractivity contribution < 1.29 is 5.11 Å². The Morgan fingerprint density at radius 1 is 1.10 bits per heavy atom. The van der Waals surface area contributed by atoms with Crippen LogP contribution in [0.25, 0.3) is 16.5 Å². The molecule has 1 aromatic heterocycles. The molecule has 4 heteroatoms. The molecule has 0 saturated carbocycles. The maximum atomic E-state index is 12.2. The van der Waals surface area contributed by atoms with E-state index in [4.69, 9.17) is 0 Å². The topological polar surface area (TPSA) is 65.1 Å². The zero-order valence-electron chi connectivity index (χ0n) is 11.8.